The molecule has 2 aromatic heterocycles. The molecular weight excluding hydrogens is 384 g/mol. The molecule has 1 saturated heterocycles. The van der Waals surface area contributed by atoms with Crippen molar-refractivity contribution in [2.45, 2.75) is 57.8 Å². The van der Waals surface area contributed by atoms with E-state index in [0.717, 1.165) is 29.6 Å². The summed E-state index contributed by atoms with van der Waals surface area (Å²) in [6, 6.07) is 3.78. The van der Waals surface area contributed by atoms with E-state index in [4.69, 9.17) is 16.0 Å². The molecule has 1 amide bonds. The second-order valence-corrected chi connectivity index (χ2v) is 14.8. The van der Waals surface area contributed by atoms with Gasteiger partial charge in [0.25, 0.3) is 5.91 Å². The van der Waals surface area contributed by atoms with Crippen LogP contribution < -0.4 is 0 Å². The molecule has 142 valence electrons. The molecule has 4 nitrogen and oxygen atoms in total. The average Bonchev–Trinajstić information content (AvgIpc) is 3.18. The number of likely N-dealkylation sites (tertiary alicyclic amines) is 1. The number of hydrogen-bond donors (Lipinski definition) is 0. The predicted molar refractivity (Wildman–Crippen MR) is 112 cm³/mol. The summed E-state index contributed by atoms with van der Waals surface area (Å²) in [5.74, 6) is 0.0744. The number of aromatic nitrogens is 1. The lowest BCUT2D eigenvalue weighted by Gasteiger charge is -2.38. The Kier molecular flexibility index (Phi) is 5.50. The highest BCUT2D eigenvalue weighted by Gasteiger charge is 2.39. The number of carbonyl (C=O) groups excluding carboxylic acids is 1. The summed E-state index contributed by atoms with van der Waals surface area (Å²) in [5, 5.41) is 0.826. The summed E-state index contributed by atoms with van der Waals surface area (Å²) in [7, 11) is -1.81. The van der Waals surface area contributed by atoms with Crippen LogP contribution >= 0.6 is 22.9 Å². The Morgan fingerprint density at radius 2 is 2.19 bits per heavy atom. The maximum Gasteiger partial charge on any atom is 0.264 e. The first-order valence-electron chi connectivity index (χ1n) is 9.09. The molecule has 26 heavy (non-hydrogen) atoms. The van der Waals surface area contributed by atoms with Crippen molar-refractivity contribution in [3.05, 3.63) is 28.2 Å². The molecule has 1 aliphatic rings. The molecule has 1 aliphatic heterocycles. The van der Waals surface area contributed by atoms with Crippen LogP contribution in [0.4, 0.5) is 0 Å². The number of pyridine rings is 1. The van der Waals surface area contributed by atoms with Gasteiger partial charge < -0.3 is 9.33 Å². The fourth-order valence-corrected chi connectivity index (χ4v) is 5.24. The van der Waals surface area contributed by atoms with E-state index in [0.29, 0.717) is 16.5 Å². The number of thiophene rings is 1. The molecule has 2 aromatic rings. The molecule has 0 bridgehead atoms. The molecule has 0 radical (unpaired) electrons. The van der Waals surface area contributed by atoms with Gasteiger partial charge in [-0.1, -0.05) is 32.4 Å². The van der Waals surface area contributed by atoms with Gasteiger partial charge in [0, 0.05) is 12.7 Å². The van der Waals surface area contributed by atoms with E-state index in [-0.39, 0.29) is 17.0 Å². The second kappa shape index (κ2) is 7.22. The van der Waals surface area contributed by atoms with Crippen LogP contribution in [0.25, 0.3) is 10.2 Å². The molecule has 7 heteroatoms. The van der Waals surface area contributed by atoms with Crippen LogP contribution in [0.3, 0.4) is 0 Å². The van der Waals surface area contributed by atoms with E-state index >= 15 is 0 Å². The largest absolute Gasteiger partial charge is 0.415 e. The van der Waals surface area contributed by atoms with Crippen LogP contribution in [0, 0.1) is 0 Å². The van der Waals surface area contributed by atoms with Gasteiger partial charge in [0.2, 0.25) is 0 Å². The van der Waals surface area contributed by atoms with Crippen molar-refractivity contribution in [1.82, 2.24) is 9.88 Å². The third kappa shape index (κ3) is 3.83. The maximum absolute atomic E-state index is 13.1. The number of carbonyl (C=O) groups is 1. The first-order chi connectivity index (χ1) is 12.1. The minimum atomic E-state index is -1.81. The van der Waals surface area contributed by atoms with E-state index in [9.17, 15) is 4.79 Å². The second-order valence-electron chi connectivity index (χ2n) is 8.48. The number of rotatable bonds is 4. The molecule has 1 atom stereocenters. The zero-order chi connectivity index (χ0) is 19.1. The van der Waals surface area contributed by atoms with E-state index in [1.807, 2.05) is 11.0 Å². The fraction of sp³-hybridized carbons (Fsp3) is 0.579. The highest BCUT2D eigenvalue weighted by atomic mass is 35.5. The van der Waals surface area contributed by atoms with E-state index in [1.54, 1.807) is 12.3 Å². The lowest BCUT2D eigenvalue weighted by atomic mass is 10.2. The van der Waals surface area contributed by atoms with Crippen molar-refractivity contribution in [1.29, 1.82) is 0 Å². The molecule has 1 fully saturated rings. The van der Waals surface area contributed by atoms with Gasteiger partial charge in [0.1, 0.15) is 0 Å². The number of hydrogen-bond acceptors (Lipinski definition) is 4. The lowest BCUT2D eigenvalue weighted by molar-refractivity contribution is 0.0689. The first kappa shape index (κ1) is 19.8. The summed E-state index contributed by atoms with van der Waals surface area (Å²) in [4.78, 5) is 20.1. The van der Waals surface area contributed by atoms with E-state index in [2.05, 4.69) is 38.8 Å². The van der Waals surface area contributed by atoms with Gasteiger partial charge in [-0.05, 0) is 43.1 Å². The Hall–Kier alpha value is -0.953. The standard InChI is InChI=1S/C19H27ClN2O2SSi/c1-19(2,3)26(4,5)24-12-13-7-6-10-22(13)18(23)16-11-15-17(25-16)14(20)8-9-21-15/h8-9,11,13H,6-7,10,12H2,1-5H3/t13-/m0/s1. The van der Waals surface area contributed by atoms with E-state index < -0.39 is 8.32 Å². The number of fused-ring (bicyclic) bond motifs is 1. The van der Waals surface area contributed by atoms with Crippen molar-refractivity contribution >= 4 is 47.4 Å². The smallest absolute Gasteiger partial charge is 0.264 e. The van der Waals surface area contributed by atoms with Crippen molar-refractivity contribution in [3.8, 4) is 0 Å². The van der Waals surface area contributed by atoms with Gasteiger partial charge in [-0.15, -0.1) is 11.3 Å². The van der Waals surface area contributed by atoms with Crippen molar-refractivity contribution in [2.75, 3.05) is 13.2 Å². The summed E-state index contributed by atoms with van der Waals surface area (Å²) in [6.07, 6.45) is 3.71. The Morgan fingerprint density at radius 3 is 2.85 bits per heavy atom. The lowest BCUT2D eigenvalue weighted by Crippen LogP contribution is -2.45. The van der Waals surface area contributed by atoms with Crippen LogP contribution in [0.2, 0.25) is 23.2 Å². The fourth-order valence-electron chi connectivity index (χ4n) is 2.95. The third-order valence-corrected chi connectivity index (χ3v) is 11.7. The van der Waals surface area contributed by atoms with Crippen LogP contribution in [-0.4, -0.2) is 43.3 Å². The van der Waals surface area contributed by atoms with Crippen LogP contribution in [0.1, 0.15) is 43.3 Å². The Balaban J connectivity index is 1.74. The minimum Gasteiger partial charge on any atom is -0.415 e. The average molecular weight is 411 g/mol. The topological polar surface area (TPSA) is 42.4 Å². The molecule has 0 unspecified atom stereocenters. The number of amides is 1. The monoisotopic (exact) mass is 410 g/mol. The molecule has 0 spiro atoms. The van der Waals surface area contributed by atoms with Crippen LogP contribution in [0.15, 0.2) is 18.3 Å². The van der Waals surface area contributed by atoms with Gasteiger partial charge >= 0.3 is 0 Å². The summed E-state index contributed by atoms with van der Waals surface area (Å²) in [5.41, 5.74) is 0.791. The van der Waals surface area contributed by atoms with Crippen molar-refractivity contribution in [3.63, 3.8) is 0 Å². The van der Waals surface area contributed by atoms with Gasteiger partial charge in [-0.2, -0.15) is 0 Å². The SMILES string of the molecule is CC(C)(C)[Si](C)(C)OC[C@@H]1CCCN1C(=O)c1cc2nccc(Cl)c2s1. The van der Waals surface area contributed by atoms with Gasteiger partial charge in [0.15, 0.2) is 8.32 Å². The molecule has 0 aliphatic carbocycles. The summed E-state index contributed by atoms with van der Waals surface area (Å²) in [6.45, 7) is 12.7. The van der Waals surface area contributed by atoms with Gasteiger partial charge in [-0.25, -0.2) is 0 Å². The zero-order valence-corrected chi connectivity index (χ0v) is 18.7. The number of halogens is 1. The summed E-state index contributed by atoms with van der Waals surface area (Å²) < 4.78 is 7.27. The Labute approximate surface area is 165 Å². The van der Waals surface area contributed by atoms with Crippen LogP contribution in [-0.2, 0) is 4.43 Å². The van der Waals surface area contributed by atoms with E-state index in [1.165, 1.54) is 11.3 Å². The number of nitrogens with zero attached hydrogens (tertiary/aromatic N) is 2. The minimum absolute atomic E-state index is 0.0744. The zero-order valence-electron chi connectivity index (χ0n) is 16.1. The maximum atomic E-state index is 13.1. The first-order valence-corrected chi connectivity index (χ1v) is 13.2. The van der Waals surface area contributed by atoms with Gasteiger partial charge in [-0.3, -0.25) is 9.78 Å². The highest BCUT2D eigenvalue weighted by Crippen LogP contribution is 2.37. The molecule has 0 N–H and O–H groups in total. The Bertz CT molecular complexity index is 815. The molecule has 3 rings (SSSR count). The van der Waals surface area contributed by atoms with Crippen LogP contribution in [0.5, 0.6) is 0 Å². The normalized spacial score (nSPS) is 18.7. The highest BCUT2D eigenvalue weighted by molar-refractivity contribution is 7.21. The third-order valence-electron chi connectivity index (χ3n) is 5.66. The van der Waals surface area contributed by atoms with Crippen molar-refractivity contribution < 1.29 is 9.22 Å². The molecule has 0 aromatic carbocycles. The van der Waals surface area contributed by atoms with Gasteiger partial charge in [0.05, 0.1) is 32.8 Å². The Morgan fingerprint density at radius 1 is 1.46 bits per heavy atom. The molecular formula is C19H27ClN2O2SSi. The summed E-state index contributed by atoms with van der Waals surface area (Å²) >= 11 is 7.67. The van der Waals surface area contributed by atoms with Crippen molar-refractivity contribution in [2.24, 2.45) is 0 Å². The quantitative estimate of drug-likeness (QED) is 0.618. The molecule has 3 heterocycles. The predicted octanol–water partition coefficient (Wildman–Crippen LogP) is 5.58. The molecule has 0 saturated carbocycles.